The Morgan fingerprint density at radius 2 is 1.67 bits per heavy atom. The molecule has 4 rings (SSSR count). The molecule has 1 saturated heterocycles. The van der Waals surface area contributed by atoms with Gasteiger partial charge in [-0.2, -0.15) is 0 Å². The molecule has 138 valence electrons. The van der Waals surface area contributed by atoms with Crippen LogP contribution in [0.25, 0.3) is 11.1 Å². The van der Waals surface area contributed by atoms with Crippen LogP contribution in [0.3, 0.4) is 0 Å². The second-order valence-corrected chi connectivity index (χ2v) is 5.98. The molecule has 7 heteroatoms. The van der Waals surface area contributed by atoms with E-state index in [2.05, 4.69) is 19.9 Å². The number of aromatic nitrogens is 3. The number of benzene rings is 1. The number of hydrogen-bond donors (Lipinski definition) is 0. The van der Waals surface area contributed by atoms with E-state index in [-0.39, 0.29) is 0 Å². The minimum absolute atomic E-state index is 0.477. The summed E-state index contributed by atoms with van der Waals surface area (Å²) in [6.07, 6.45) is 5.02. The molecular formula is C20H20N4O3. The minimum atomic E-state index is 0.477. The fraction of sp³-hybridized carbons (Fsp3) is 0.250. The number of hydrogen-bond acceptors (Lipinski definition) is 7. The Morgan fingerprint density at radius 3 is 2.44 bits per heavy atom. The summed E-state index contributed by atoms with van der Waals surface area (Å²) < 4.78 is 16.8. The van der Waals surface area contributed by atoms with E-state index >= 15 is 0 Å². The average molecular weight is 364 g/mol. The van der Waals surface area contributed by atoms with Crippen molar-refractivity contribution < 1.29 is 14.2 Å². The van der Waals surface area contributed by atoms with Gasteiger partial charge in [-0.3, -0.25) is 0 Å². The Morgan fingerprint density at radius 1 is 0.926 bits per heavy atom. The molecule has 27 heavy (non-hydrogen) atoms. The van der Waals surface area contributed by atoms with Crippen LogP contribution in [0.1, 0.15) is 0 Å². The van der Waals surface area contributed by atoms with Crippen molar-refractivity contribution in [2.24, 2.45) is 0 Å². The fourth-order valence-corrected chi connectivity index (χ4v) is 2.94. The van der Waals surface area contributed by atoms with Gasteiger partial charge in [-0.05, 0) is 18.2 Å². The zero-order valence-corrected chi connectivity index (χ0v) is 15.0. The van der Waals surface area contributed by atoms with E-state index in [1.165, 1.54) is 0 Å². The molecule has 0 amide bonds. The number of morpholine rings is 1. The topological polar surface area (TPSA) is 69.6 Å². The lowest BCUT2D eigenvalue weighted by Crippen LogP contribution is -2.37. The summed E-state index contributed by atoms with van der Waals surface area (Å²) in [4.78, 5) is 15.3. The van der Waals surface area contributed by atoms with Gasteiger partial charge in [0.25, 0.3) is 0 Å². The van der Waals surface area contributed by atoms with Gasteiger partial charge in [-0.15, -0.1) is 0 Å². The van der Waals surface area contributed by atoms with Gasteiger partial charge >= 0.3 is 0 Å². The van der Waals surface area contributed by atoms with Crippen molar-refractivity contribution >= 4 is 5.95 Å². The smallest absolute Gasteiger partial charge is 0.227 e. The zero-order valence-electron chi connectivity index (χ0n) is 15.0. The molecule has 0 radical (unpaired) electrons. The van der Waals surface area contributed by atoms with Gasteiger partial charge < -0.3 is 19.1 Å². The van der Waals surface area contributed by atoms with Crippen molar-refractivity contribution in [2.45, 2.75) is 0 Å². The molecule has 0 atom stereocenters. The van der Waals surface area contributed by atoms with E-state index in [0.29, 0.717) is 30.8 Å². The van der Waals surface area contributed by atoms with Crippen molar-refractivity contribution in [1.82, 2.24) is 15.0 Å². The molecular weight excluding hydrogens is 344 g/mol. The Balaban J connectivity index is 1.58. The van der Waals surface area contributed by atoms with Gasteiger partial charge in [0.15, 0.2) is 5.75 Å². The molecule has 0 unspecified atom stereocenters. The average Bonchev–Trinajstić information content (AvgIpc) is 2.75. The summed E-state index contributed by atoms with van der Waals surface area (Å²) in [5.41, 5.74) is 1.75. The first-order valence-electron chi connectivity index (χ1n) is 8.76. The highest BCUT2D eigenvalue weighted by Gasteiger charge is 2.15. The quantitative estimate of drug-likeness (QED) is 0.689. The Kier molecular flexibility index (Phi) is 5.11. The van der Waals surface area contributed by atoms with Gasteiger partial charge in [0.2, 0.25) is 11.8 Å². The van der Waals surface area contributed by atoms with Crippen molar-refractivity contribution in [2.75, 3.05) is 38.3 Å². The molecule has 0 aliphatic carbocycles. The summed E-state index contributed by atoms with van der Waals surface area (Å²) in [5, 5.41) is 0. The molecule has 0 saturated carbocycles. The van der Waals surface area contributed by atoms with Crippen LogP contribution in [0, 0.1) is 0 Å². The molecule has 1 aromatic carbocycles. The largest absolute Gasteiger partial charge is 0.496 e. The first-order chi connectivity index (χ1) is 13.3. The van der Waals surface area contributed by atoms with Crippen LogP contribution in [0.4, 0.5) is 5.95 Å². The lowest BCUT2D eigenvalue weighted by Gasteiger charge is -2.26. The van der Waals surface area contributed by atoms with Crippen LogP contribution in [-0.4, -0.2) is 48.4 Å². The van der Waals surface area contributed by atoms with Crippen molar-refractivity contribution in [1.29, 1.82) is 0 Å². The van der Waals surface area contributed by atoms with Crippen LogP contribution in [-0.2, 0) is 4.74 Å². The van der Waals surface area contributed by atoms with E-state index < -0.39 is 0 Å². The van der Waals surface area contributed by atoms with E-state index in [0.717, 1.165) is 30.0 Å². The molecule has 2 aromatic heterocycles. The number of nitrogens with zero attached hydrogens (tertiary/aromatic N) is 4. The maximum Gasteiger partial charge on any atom is 0.227 e. The Bertz CT molecular complexity index is 896. The predicted octanol–water partition coefficient (Wildman–Crippen LogP) is 3.18. The maximum absolute atomic E-state index is 5.97. The third-order valence-corrected chi connectivity index (χ3v) is 4.29. The number of rotatable bonds is 5. The Hall–Kier alpha value is -3.19. The highest BCUT2D eigenvalue weighted by atomic mass is 16.5. The van der Waals surface area contributed by atoms with Crippen molar-refractivity contribution in [3.63, 3.8) is 0 Å². The molecule has 3 heterocycles. The monoisotopic (exact) mass is 364 g/mol. The molecule has 3 aromatic rings. The van der Waals surface area contributed by atoms with Crippen molar-refractivity contribution in [3.8, 4) is 28.5 Å². The number of anilines is 1. The van der Waals surface area contributed by atoms with Crippen LogP contribution in [0.5, 0.6) is 17.4 Å². The van der Waals surface area contributed by atoms with Gasteiger partial charge in [0.1, 0.15) is 5.75 Å². The van der Waals surface area contributed by atoms with E-state index in [4.69, 9.17) is 14.2 Å². The van der Waals surface area contributed by atoms with E-state index in [1.807, 2.05) is 36.4 Å². The van der Waals surface area contributed by atoms with Crippen LogP contribution in [0.2, 0.25) is 0 Å². The summed E-state index contributed by atoms with van der Waals surface area (Å²) in [6, 6.07) is 11.6. The normalized spacial score (nSPS) is 14.0. The predicted molar refractivity (Wildman–Crippen MR) is 101 cm³/mol. The molecule has 0 bridgehead atoms. The van der Waals surface area contributed by atoms with Crippen LogP contribution >= 0.6 is 0 Å². The van der Waals surface area contributed by atoms with Gasteiger partial charge in [0.05, 0.1) is 32.7 Å². The SMILES string of the molecule is COc1ccccc1-c1cccnc1Oc1cnc(N2CCOCC2)nc1. The molecule has 1 aliphatic heterocycles. The zero-order chi connectivity index (χ0) is 18.5. The summed E-state index contributed by atoms with van der Waals surface area (Å²) in [6.45, 7) is 2.96. The van der Waals surface area contributed by atoms with Crippen LogP contribution < -0.4 is 14.4 Å². The summed E-state index contributed by atoms with van der Waals surface area (Å²) >= 11 is 0. The van der Waals surface area contributed by atoms with E-state index in [9.17, 15) is 0 Å². The molecule has 7 nitrogen and oxygen atoms in total. The third-order valence-electron chi connectivity index (χ3n) is 4.29. The molecule has 1 fully saturated rings. The first kappa shape index (κ1) is 17.2. The number of ether oxygens (including phenoxy) is 3. The second kappa shape index (κ2) is 8.01. The standard InChI is InChI=1S/C20H20N4O3/c1-25-18-7-3-2-5-16(18)17-6-4-8-21-19(17)27-15-13-22-20(23-14-15)24-9-11-26-12-10-24/h2-8,13-14H,9-12H2,1H3. The number of methoxy groups -OCH3 is 1. The van der Waals surface area contributed by atoms with Crippen LogP contribution in [0.15, 0.2) is 55.0 Å². The number of pyridine rings is 1. The lowest BCUT2D eigenvalue weighted by atomic mass is 10.1. The van der Waals surface area contributed by atoms with Gasteiger partial charge in [-0.25, -0.2) is 15.0 Å². The third kappa shape index (κ3) is 3.83. The maximum atomic E-state index is 5.97. The molecule has 0 N–H and O–H groups in total. The lowest BCUT2D eigenvalue weighted by molar-refractivity contribution is 0.122. The van der Waals surface area contributed by atoms with Gasteiger partial charge in [-0.1, -0.05) is 18.2 Å². The first-order valence-corrected chi connectivity index (χ1v) is 8.76. The van der Waals surface area contributed by atoms with Crippen molar-refractivity contribution in [3.05, 3.63) is 55.0 Å². The molecule has 0 spiro atoms. The highest BCUT2D eigenvalue weighted by Crippen LogP contribution is 2.36. The van der Waals surface area contributed by atoms with E-state index in [1.54, 1.807) is 25.7 Å². The highest BCUT2D eigenvalue weighted by molar-refractivity contribution is 5.74. The fourth-order valence-electron chi connectivity index (χ4n) is 2.94. The summed E-state index contributed by atoms with van der Waals surface area (Å²) in [7, 11) is 1.65. The second-order valence-electron chi connectivity index (χ2n) is 5.98. The Labute approximate surface area is 157 Å². The minimum Gasteiger partial charge on any atom is -0.496 e. The summed E-state index contributed by atoms with van der Waals surface area (Å²) in [5.74, 6) is 2.44. The van der Waals surface area contributed by atoms with Gasteiger partial charge in [0, 0.05) is 30.4 Å². The molecule has 1 aliphatic rings. The number of para-hydroxylation sites is 1.